The number of carbonyl (C=O) groups excluding carboxylic acids is 1. The van der Waals surface area contributed by atoms with Crippen LogP contribution in [0.3, 0.4) is 0 Å². The second-order valence-electron chi connectivity index (χ2n) is 2.78. The summed E-state index contributed by atoms with van der Waals surface area (Å²) >= 11 is 0. The molecule has 0 N–H and O–H groups in total. The van der Waals surface area contributed by atoms with Crippen molar-refractivity contribution in [2.45, 2.75) is 19.3 Å². The van der Waals surface area contributed by atoms with E-state index >= 15 is 0 Å². The summed E-state index contributed by atoms with van der Waals surface area (Å²) in [6.45, 7) is 3.06. The van der Waals surface area contributed by atoms with Crippen LogP contribution in [0.4, 0.5) is 0 Å². The van der Waals surface area contributed by atoms with Crippen LogP contribution >= 0.6 is 0 Å². The van der Waals surface area contributed by atoms with Crippen molar-refractivity contribution in [1.82, 2.24) is 4.90 Å². The Labute approximate surface area is 67.6 Å². The monoisotopic (exact) mass is 151 g/mol. The molecule has 2 nitrogen and oxygen atoms in total. The van der Waals surface area contributed by atoms with Gasteiger partial charge in [-0.15, -0.1) is 0 Å². The van der Waals surface area contributed by atoms with Gasteiger partial charge >= 0.3 is 0 Å². The maximum absolute atomic E-state index is 9.85. The van der Waals surface area contributed by atoms with Crippen molar-refractivity contribution in [3.8, 4) is 11.8 Å². The third kappa shape index (κ3) is 3.20. The van der Waals surface area contributed by atoms with E-state index < -0.39 is 0 Å². The first kappa shape index (κ1) is 8.29. The summed E-state index contributed by atoms with van der Waals surface area (Å²) in [6, 6.07) is 0. The van der Waals surface area contributed by atoms with Gasteiger partial charge in [0.1, 0.15) is 0 Å². The van der Waals surface area contributed by atoms with Gasteiger partial charge in [0.15, 0.2) is 6.29 Å². The molecule has 0 aliphatic carbocycles. The van der Waals surface area contributed by atoms with Gasteiger partial charge in [-0.05, 0) is 31.9 Å². The van der Waals surface area contributed by atoms with Crippen LogP contribution in [-0.4, -0.2) is 30.8 Å². The third-order valence-corrected chi connectivity index (χ3v) is 1.91. The molecule has 0 aromatic carbocycles. The van der Waals surface area contributed by atoms with Gasteiger partial charge in [-0.1, -0.05) is 12.3 Å². The standard InChI is InChI=1S/C9H13NO/c11-9-5-4-8-10-6-2-1-3-7-10/h9H,1-3,6-8H2. The zero-order valence-electron chi connectivity index (χ0n) is 6.68. The molecule has 0 atom stereocenters. The Hall–Kier alpha value is -0.810. The minimum Gasteiger partial charge on any atom is -0.292 e. The second-order valence-corrected chi connectivity index (χ2v) is 2.78. The lowest BCUT2D eigenvalue weighted by Crippen LogP contribution is -2.29. The molecule has 1 heterocycles. The van der Waals surface area contributed by atoms with Crippen molar-refractivity contribution < 1.29 is 4.79 Å². The third-order valence-electron chi connectivity index (χ3n) is 1.91. The summed E-state index contributed by atoms with van der Waals surface area (Å²) in [7, 11) is 0. The molecule has 0 spiro atoms. The van der Waals surface area contributed by atoms with Gasteiger partial charge in [0.05, 0.1) is 6.54 Å². The van der Waals surface area contributed by atoms with E-state index in [1.807, 2.05) is 0 Å². The molecular formula is C9H13NO. The van der Waals surface area contributed by atoms with E-state index in [-0.39, 0.29) is 0 Å². The molecule has 1 rings (SSSR count). The first-order chi connectivity index (χ1) is 5.43. The van der Waals surface area contributed by atoms with Gasteiger partial charge in [0, 0.05) is 0 Å². The van der Waals surface area contributed by atoms with Crippen LogP contribution in [0.5, 0.6) is 0 Å². The van der Waals surface area contributed by atoms with Crippen LogP contribution in [-0.2, 0) is 4.79 Å². The van der Waals surface area contributed by atoms with Crippen molar-refractivity contribution in [1.29, 1.82) is 0 Å². The molecule has 0 unspecified atom stereocenters. The Bertz CT molecular complexity index is 172. The Morgan fingerprint density at radius 3 is 2.64 bits per heavy atom. The summed E-state index contributed by atoms with van der Waals surface area (Å²) in [5.41, 5.74) is 0. The van der Waals surface area contributed by atoms with Crippen LogP contribution in [0, 0.1) is 11.8 Å². The molecule has 0 radical (unpaired) electrons. The van der Waals surface area contributed by atoms with Crippen molar-refractivity contribution in [3.05, 3.63) is 0 Å². The van der Waals surface area contributed by atoms with E-state index in [2.05, 4.69) is 16.7 Å². The average Bonchev–Trinajstić information content (AvgIpc) is 2.07. The van der Waals surface area contributed by atoms with Crippen LogP contribution < -0.4 is 0 Å². The lowest BCUT2D eigenvalue weighted by molar-refractivity contribution is -0.103. The average molecular weight is 151 g/mol. The maximum atomic E-state index is 9.85. The van der Waals surface area contributed by atoms with Gasteiger partial charge in [-0.2, -0.15) is 0 Å². The van der Waals surface area contributed by atoms with Crippen molar-refractivity contribution in [2.24, 2.45) is 0 Å². The molecule has 0 saturated carbocycles. The number of nitrogens with zero attached hydrogens (tertiary/aromatic N) is 1. The summed E-state index contributed by atoms with van der Waals surface area (Å²) in [4.78, 5) is 12.1. The Morgan fingerprint density at radius 2 is 2.00 bits per heavy atom. The fourth-order valence-electron chi connectivity index (χ4n) is 1.32. The fraction of sp³-hybridized carbons (Fsp3) is 0.667. The number of hydrogen-bond acceptors (Lipinski definition) is 2. The Morgan fingerprint density at radius 1 is 1.27 bits per heavy atom. The number of carbonyl (C=O) groups is 1. The number of aldehydes is 1. The highest BCUT2D eigenvalue weighted by Crippen LogP contribution is 2.06. The van der Waals surface area contributed by atoms with Crippen LogP contribution in [0.2, 0.25) is 0 Å². The number of likely N-dealkylation sites (tertiary alicyclic amines) is 1. The van der Waals surface area contributed by atoms with Crippen LogP contribution in [0.1, 0.15) is 19.3 Å². The van der Waals surface area contributed by atoms with Crippen molar-refractivity contribution in [3.63, 3.8) is 0 Å². The molecule has 0 bridgehead atoms. The van der Waals surface area contributed by atoms with Crippen molar-refractivity contribution in [2.75, 3.05) is 19.6 Å². The minimum atomic E-state index is 0.657. The molecule has 2 heteroatoms. The summed E-state index contributed by atoms with van der Waals surface area (Å²) in [5, 5.41) is 0. The van der Waals surface area contributed by atoms with Gasteiger partial charge < -0.3 is 0 Å². The first-order valence-corrected chi connectivity index (χ1v) is 4.08. The Kier molecular flexibility index (Phi) is 3.71. The molecule has 0 aromatic heterocycles. The summed E-state index contributed by atoms with van der Waals surface area (Å²) in [5.74, 6) is 5.24. The van der Waals surface area contributed by atoms with E-state index in [1.54, 1.807) is 0 Å². The molecule has 60 valence electrons. The molecule has 1 aliphatic rings. The van der Waals surface area contributed by atoms with E-state index in [0.717, 1.165) is 19.6 Å². The van der Waals surface area contributed by atoms with E-state index in [1.165, 1.54) is 19.3 Å². The van der Waals surface area contributed by atoms with Gasteiger partial charge in [0.2, 0.25) is 0 Å². The lowest BCUT2D eigenvalue weighted by Gasteiger charge is -2.23. The predicted molar refractivity (Wildman–Crippen MR) is 44.1 cm³/mol. The SMILES string of the molecule is O=CC#CCN1CCCCC1. The van der Waals surface area contributed by atoms with Gasteiger partial charge in [-0.3, -0.25) is 9.69 Å². The van der Waals surface area contributed by atoms with Crippen molar-refractivity contribution >= 4 is 6.29 Å². The molecule has 11 heavy (non-hydrogen) atoms. The fourth-order valence-corrected chi connectivity index (χ4v) is 1.32. The van der Waals surface area contributed by atoms with E-state index in [9.17, 15) is 4.79 Å². The van der Waals surface area contributed by atoms with E-state index in [0.29, 0.717) is 6.29 Å². The number of rotatable bonds is 1. The quantitative estimate of drug-likeness (QED) is 0.405. The Balaban J connectivity index is 2.19. The van der Waals surface area contributed by atoms with E-state index in [4.69, 9.17) is 0 Å². The molecule has 0 amide bonds. The normalized spacial score (nSPS) is 18.5. The summed E-state index contributed by atoms with van der Waals surface area (Å²) < 4.78 is 0. The summed E-state index contributed by atoms with van der Waals surface area (Å²) in [6.07, 6.45) is 4.56. The molecular weight excluding hydrogens is 138 g/mol. The van der Waals surface area contributed by atoms with Crippen LogP contribution in [0.15, 0.2) is 0 Å². The highest BCUT2D eigenvalue weighted by atomic mass is 16.1. The zero-order valence-corrected chi connectivity index (χ0v) is 6.68. The maximum Gasteiger partial charge on any atom is 0.192 e. The number of hydrogen-bond donors (Lipinski definition) is 0. The zero-order chi connectivity index (χ0) is 7.94. The lowest BCUT2D eigenvalue weighted by atomic mass is 10.1. The molecule has 0 aromatic rings. The smallest absolute Gasteiger partial charge is 0.192 e. The number of piperidine rings is 1. The predicted octanol–water partition coefficient (Wildman–Crippen LogP) is 0.675. The molecule has 1 saturated heterocycles. The molecule has 1 fully saturated rings. The first-order valence-electron chi connectivity index (χ1n) is 4.08. The van der Waals surface area contributed by atoms with Crippen LogP contribution in [0.25, 0.3) is 0 Å². The van der Waals surface area contributed by atoms with Gasteiger partial charge in [0.25, 0.3) is 0 Å². The highest BCUT2D eigenvalue weighted by Gasteiger charge is 2.07. The largest absolute Gasteiger partial charge is 0.292 e. The van der Waals surface area contributed by atoms with Gasteiger partial charge in [-0.25, -0.2) is 0 Å². The minimum absolute atomic E-state index is 0.657. The molecule has 1 aliphatic heterocycles. The topological polar surface area (TPSA) is 20.3 Å². The second kappa shape index (κ2) is 4.92. The highest BCUT2D eigenvalue weighted by molar-refractivity contribution is 5.72.